The molecule has 2 rings (SSSR count). The molecule has 6 N–H and O–H groups in total. The summed E-state index contributed by atoms with van der Waals surface area (Å²) in [5.41, 5.74) is 3.78. The number of anilines is 1. The maximum atomic E-state index is 12.3. The molecule has 0 saturated heterocycles. The van der Waals surface area contributed by atoms with Crippen molar-refractivity contribution in [3.05, 3.63) is 65.2 Å². The van der Waals surface area contributed by atoms with Crippen molar-refractivity contribution in [1.29, 1.82) is 0 Å². The van der Waals surface area contributed by atoms with Gasteiger partial charge in [-0.05, 0) is 69.6 Å². The van der Waals surface area contributed by atoms with Gasteiger partial charge in [0.05, 0.1) is 12.6 Å². The van der Waals surface area contributed by atoms with E-state index in [4.69, 9.17) is 5.21 Å². The van der Waals surface area contributed by atoms with Crippen LogP contribution >= 0.6 is 0 Å². The van der Waals surface area contributed by atoms with Crippen molar-refractivity contribution in [2.75, 3.05) is 39.0 Å². The van der Waals surface area contributed by atoms with Gasteiger partial charge < -0.3 is 26.0 Å². The summed E-state index contributed by atoms with van der Waals surface area (Å²) in [7, 11) is 3.94. The van der Waals surface area contributed by atoms with E-state index in [0.29, 0.717) is 11.3 Å². The third kappa shape index (κ3) is 9.56. The number of hydrogen-bond donors (Lipinski definition) is 6. The quantitative estimate of drug-likeness (QED) is 0.123. The monoisotopic (exact) mass is 481 g/mol. The molecule has 2 atom stereocenters. The number of amides is 3. The second-order valence-corrected chi connectivity index (χ2v) is 8.10. The molecule has 0 heterocycles. The van der Waals surface area contributed by atoms with E-state index < -0.39 is 24.0 Å². The minimum Gasteiger partial charge on any atom is -0.391 e. The van der Waals surface area contributed by atoms with Gasteiger partial charge in [0.25, 0.3) is 11.8 Å². The molecule has 0 spiro atoms. The Hall–Kier alpha value is -3.75. The van der Waals surface area contributed by atoms with Gasteiger partial charge >= 0.3 is 0 Å². The van der Waals surface area contributed by atoms with Crippen molar-refractivity contribution in [2.45, 2.75) is 19.1 Å². The molecule has 0 radical (unpaired) electrons. The molecular weight excluding hydrogens is 450 g/mol. The third-order valence-corrected chi connectivity index (χ3v) is 4.85. The lowest BCUT2D eigenvalue weighted by atomic mass is 10.1. The highest BCUT2D eigenvalue weighted by atomic mass is 16.5. The van der Waals surface area contributed by atoms with E-state index in [1.54, 1.807) is 48.5 Å². The predicted molar refractivity (Wildman–Crippen MR) is 132 cm³/mol. The molecule has 0 aliphatic carbocycles. The van der Waals surface area contributed by atoms with Crippen LogP contribution in [0.25, 0.3) is 0 Å². The molecule has 0 aromatic heterocycles. The van der Waals surface area contributed by atoms with E-state index in [1.807, 2.05) is 19.0 Å². The number of carbonyl (C=O) groups excluding carboxylic acids is 3. The number of nitrogens with one attached hydrogen (secondary N) is 4. The molecule has 3 amide bonds. The molecule has 0 fully saturated rings. The number of carbonyl (C=O) groups is 3. The van der Waals surface area contributed by atoms with E-state index in [1.165, 1.54) is 12.4 Å². The van der Waals surface area contributed by atoms with Crippen LogP contribution in [0.1, 0.15) is 28.4 Å². The maximum absolute atomic E-state index is 12.3. The first-order valence-electron chi connectivity index (χ1n) is 11.0. The third-order valence-electron chi connectivity index (χ3n) is 4.85. The first-order valence-corrected chi connectivity index (χ1v) is 11.0. The fourth-order valence-electron chi connectivity index (χ4n) is 2.90. The van der Waals surface area contributed by atoms with Crippen LogP contribution in [0.4, 0.5) is 5.69 Å². The SMILES string of the molecule is CC(O)C(NC(=O)c1ccc(C#Cc2ccc(NC(=O)CNCCN(C)C)cc2)cc1)C(=O)NO. The standard InChI is InChI=1S/C25H31N5O5/c1-17(31)23(25(34)29-35)28-24(33)20-10-6-18(7-11-20)4-5-19-8-12-21(13-9-19)27-22(32)16-26-14-15-30(2)3/h6-13,17,23,26,31,35H,14-16H2,1-3H3,(H,27,32)(H,28,33)(H,29,34). The van der Waals surface area contributed by atoms with E-state index in [0.717, 1.165) is 18.7 Å². The highest BCUT2D eigenvalue weighted by Crippen LogP contribution is 2.09. The number of aliphatic hydroxyl groups excluding tert-OH is 1. The van der Waals surface area contributed by atoms with Crippen molar-refractivity contribution in [3.63, 3.8) is 0 Å². The van der Waals surface area contributed by atoms with Gasteiger partial charge in [-0.2, -0.15) is 0 Å². The van der Waals surface area contributed by atoms with Crippen molar-refractivity contribution in [2.24, 2.45) is 0 Å². The van der Waals surface area contributed by atoms with Crippen LogP contribution in [-0.4, -0.2) is 78.8 Å². The Labute approximate surface area is 204 Å². The van der Waals surface area contributed by atoms with Gasteiger partial charge in [-0.25, -0.2) is 5.48 Å². The predicted octanol–water partition coefficient (Wildman–Crippen LogP) is 0.161. The average molecular weight is 482 g/mol. The number of benzene rings is 2. The van der Waals surface area contributed by atoms with Crippen LogP contribution in [0, 0.1) is 11.8 Å². The maximum Gasteiger partial charge on any atom is 0.268 e. The molecule has 0 saturated carbocycles. The van der Waals surface area contributed by atoms with E-state index in [9.17, 15) is 19.5 Å². The van der Waals surface area contributed by atoms with Gasteiger partial charge in [-0.15, -0.1) is 0 Å². The zero-order valence-electron chi connectivity index (χ0n) is 20.0. The Morgan fingerprint density at radius 3 is 2.06 bits per heavy atom. The highest BCUT2D eigenvalue weighted by Gasteiger charge is 2.25. The van der Waals surface area contributed by atoms with Crippen LogP contribution in [0.5, 0.6) is 0 Å². The lowest BCUT2D eigenvalue weighted by Crippen LogP contribution is -2.51. The largest absolute Gasteiger partial charge is 0.391 e. The fourth-order valence-corrected chi connectivity index (χ4v) is 2.90. The lowest BCUT2D eigenvalue weighted by Gasteiger charge is -2.19. The Balaban J connectivity index is 1.91. The molecule has 0 aliphatic heterocycles. The van der Waals surface area contributed by atoms with Gasteiger partial charge in [0, 0.05) is 35.5 Å². The first-order chi connectivity index (χ1) is 16.7. The van der Waals surface area contributed by atoms with Crippen molar-refractivity contribution in [3.8, 4) is 11.8 Å². The molecular formula is C25H31N5O5. The Kier molecular flexibility index (Phi) is 10.9. The summed E-state index contributed by atoms with van der Waals surface area (Å²) in [6, 6.07) is 12.2. The Bertz CT molecular complexity index is 1060. The zero-order valence-corrected chi connectivity index (χ0v) is 20.0. The van der Waals surface area contributed by atoms with Crippen molar-refractivity contribution < 1.29 is 24.7 Å². The summed E-state index contributed by atoms with van der Waals surface area (Å²) in [5, 5.41) is 26.6. The summed E-state index contributed by atoms with van der Waals surface area (Å²) in [6.07, 6.45) is -1.19. The normalized spacial score (nSPS) is 12.2. The Morgan fingerprint density at radius 1 is 0.971 bits per heavy atom. The van der Waals surface area contributed by atoms with Crippen LogP contribution in [-0.2, 0) is 9.59 Å². The molecule has 2 aromatic rings. The Morgan fingerprint density at radius 2 is 1.54 bits per heavy atom. The molecule has 186 valence electrons. The van der Waals surface area contributed by atoms with Gasteiger partial charge in [-0.3, -0.25) is 19.6 Å². The zero-order chi connectivity index (χ0) is 25.8. The van der Waals surface area contributed by atoms with Gasteiger partial charge in [0.15, 0.2) is 0 Å². The summed E-state index contributed by atoms with van der Waals surface area (Å²) >= 11 is 0. The number of hydroxylamine groups is 1. The highest BCUT2D eigenvalue weighted by molar-refractivity contribution is 5.97. The first kappa shape index (κ1) is 27.5. The fraction of sp³-hybridized carbons (Fsp3) is 0.320. The second-order valence-electron chi connectivity index (χ2n) is 8.10. The van der Waals surface area contributed by atoms with Crippen LogP contribution in [0.15, 0.2) is 48.5 Å². The lowest BCUT2D eigenvalue weighted by molar-refractivity contribution is -0.133. The molecule has 0 aliphatic rings. The molecule has 10 nitrogen and oxygen atoms in total. The van der Waals surface area contributed by atoms with E-state index in [-0.39, 0.29) is 18.0 Å². The molecule has 2 aromatic carbocycles. The molecule has 2 unspecified atom stereocenters. The van der Waals surface area contributed by atoms with Gasteiger partial charge in [0.2, 0.25) is 5.91 Å². The molecule has 35 heavy (non-hydrogen) atoms. The number of aliphatic hydroxyl groups is 1. The van der Waals surface area contributed by atoms with Gasteiger partial charge in [0.1, 0.15) is 6.04 Å². The smallest absolute Gasteiger partial charge is 0.268 e. The van der Waals surface area contributed by atoms with Crippen LogP contribution < -0.4 is 21.4 Å². The number of nitrogens with zero attached hydrogens (tertiary/aromatic N) is 1. The minimum atomic E-state index is -1.29. The van der Waals surface area contributed by atoms with Crippen molar-refractivity contribution in [1.82, 2.24) is 21.0 Å². The van der Waals surface area contributed by atoms with E-state index in [2.05, 4.69) is 27.8 Å². The number of rotatable bonds is 10. The second kappa shape index (κ2) is 13.8. The van der Waals surface area contributed by atoms with Crippen LogP contribution in [0.3, 0.4) is 0 Å². The summed E-state index contributed by atoms with van der Waals surface area (Å²) in [4.78, 5) is 37.9. The number of hydrogen-bond acceptors (Lipinski definition) is 7. The van der Waals surface area contributed by atoms with E-state index >= 15 is 0 Å². The topological polar surface area (TPSA) is 143 Å². The molecule has 10 heteroatoms. The molecule has 0 bridgehead atoms. The van der Waals surface area contributed by atoms with Crippen LogP contribution in [0.2, 0.25) is 0 Å². The van der Waals surface area contributed by atoms with Crippen molar-refractivity contribution >= 4 is 23.4 Å². The summed E-state index contributed by atoms with van der Waals surface area (Å²) < 4.78 is 0. The average Bonchev–Trinajstić information content (AvgIpc) is 2.84. The van der Waals surface area contributed by atoms with Gasteiger partial charge in [-0.1, -0.05) is 11.8 Å². The number of likely N-dealkylation sites (N-methyl/N-ethyl adjacent to an activating group) is 1. The summed E-state index contributed by atoms with van der Waals surface area (Å²) in [6.45, 7) is 3.13. The minimum absolute atomic E-state index is 0.122. The summed E-state index contributed by atoms with van der Waals surface area (Å²) in [5.74, 6) is 4.40.